The highest BCUT2D eigenvalue weighted by Gasteiger charge is 2.07. The summed E-state index contributed by atoms with van der Waals surface area (Å²) in [5.74, 6) is -0.187. The van der Waals surface area contributed by atoms with Crippen LogP contribution in [0.15, 0.2) is 35.4 Å². The minimum Gasteiger partial charge on any atom is -0.397 e. The average Bonchev–Trinajstić information content (AvgIpc) is 2.81. The molecule has 1 heterocycles. The maximum absolute atomic E-state index is 11.9. The van der Waals surface area contributed by atoms with Crippen LogP contribution in [0.5, 0.6) is 0 Å². The highest BCUT2D eigenvalue weighted by atomic mass is 35.5. The Hall–Kier alpha value is -2.21. The number of rotatable bonds is 5. The second-order valence-corrected chi connectivity index (χ2v) is 5.00. The standard InChI is InChI=1S/C14H17ClN4O2/c1-2-18-7-8-19(14(18)21)6-5-13(20)17-10-3-4-11(15)12(16)9-10/h3-4,7-9H,2,5-6,16H2,1H3,(H,17,20). The Kier molecular flexibility index (Phi) is 4.70. The summed E-state index contributed by atoms with van der Waals surface area (Å²) in [7, 11) is 0. The number of carbonyl (C=O) groups excluding carboxylic acids is 1. The lowest BCUT2D eigenvalue weighted by Crippen LogP contribution is -2.25. The lowest BCUT2D eigenvalue weighted by atomic mass is 10.2. The molecule has 7 heteroatoms. The number of imidazole rings is 1. The van der Waals surface area contributed by atoms with Crippen LogP contribution in [0.1, 0.15) is 13.3 Å². The third-order valence-electron chi connectivity index (χ3n) is 3.12. The quantitative estimate of drug-likeness (QED) is 0.828. The molecule has 0 aliphatic rings. The molecule has 21 heavy (non-hydrogen) atoms. The predicted molar refractivity (Wildman–Crippen MR) is 83.5 cm³/mol. The Labute approximate surface area is 127 Å². The van der Waals surface area contributed by atoms with E-state index in [0.29, 0.717) is 29.5 Å². The van der Waals surface area contributed by atoms with Gasteiger partial charge in [-0.1, -0.05) is 11.6 Å². The number of nitrogens with one attached hydrogen (secondary N) is 1. The van der Waals surface area contributed by atoms with E-state index >= 15 is 0 Å². The highest BCUT2D eigenvalue weighted by Crippen LogP contribution is 2.22. The lowest BCUT2D eigenvalue weighted by molar-refractivity contribution is -0.116. The Morgan fingerprint density at radius 2 is 2.05 bits per heavy atom. The molecule has 0 saturated heterocycles. The van der Waals surface area contributed by atoms with Crippen molar-refractivity contribution in [1.29, 1.82) is 0 Å². The van der Waals surface area contributed by atoms with E-state index in [-0.39, 0.29) is 18.0 Å². The van der Waals surface area contributed by atoms with Gasteiger partial charge in [-0.2, -0.15) is 0 Å². The molecule has 0 aliphatic carbocycles. The highest BCUT2D eigenvalue weighted by molar-refractivity contribution is 6.33. The fourth-order valence-electron chi connectivity index (χ4n) is 1.93. The minimum atomic E-state index is -0.187. The maximum Gasteiger partial charge on any atom is 0.328 e. The maximum atomic E-state index is 11.9. The zero-order valence-electron chi connectivity index (χ0n) is 11.7. The number of carbonyl (C=O) groups is 1. The molecular formula is C14H17ClN4O2. The van der Waals surface area contributed by atoms with Crippen LogP contribution in [0.25, 0.3) is 0 Å². The van der Waals surface area contributed by atoms with Gasteiger partial charge in [0.1, 0.15) is 0 Å². The lowest BCUT2D eigenvalue weighted by Gasteiger charge is -2.07. The van der Waals surface area contributed by atoms with Crippen molar-refractivity contribution in [3.8, 4) is 0 Å². The van der Waals surface area contributed by atoms with Crippen molar-refractivity contribution < 1.29 is 4.79 Å². The normalized spacial score (nSPS) is 10.6. The number of hydrogen-bond acceptors (Lipinski definition) is 3. The molecule has 3 N–H and O–H groups in total. The second-order valence-electron chi connectivity index (χ2n) is 4.59. The molecule has 0 radical (unpaired) electrons. The molecule has 0 saturated carbocycles. The van der Waals surface area contributed by atoms with E-state index in [9.17, 15) is 9.59 Å². The summed E-state index contributed by atoms with van der Waals surface area (Å²) in [4.78, 5) is 23.7. The Morgan fingerprint density at radius 1 is 1.33 bits per heavy atom. The SMILES string of the molecule is CCn1ccn(CCC(=O)Nc2ccc(Cl)c(N)c2)c1=O. The van der Waals surface area contributed by atoms with Crippen LogP contribution in [0.2, 0.25) is 5.02 Å². The molecule has 6 nitrogen and oxygen atoms in total. The van der Waals surface area contributed by atoms with Crippen LogP contribution >= 0.6 is 11.6 Å². The van der Waals surface area contributed by atoms with Crippen LogP contribution in [0, 0.1) is 0 Å². The summed E-state index contributed by atoms with van der Waals surface area (Å²) >= 11 is 5.81. The Morgan fingerprint density at radius 3 is 2.67 bits per heavy atom. The summed E-state index contributed by atoms with van der Waals surface area (Å²) < 4.78 is 3.09. The van der Waals surface area contributed by atoms with Crippen molar-refractivity contribution >= 4 is 28.9 Å². The number of nitrogens with two attached hydrogens (primary N) is 1. The van der Waals surface area contributed by atoms with Gasteiger partial charge in [-0.15, -0.1) is 0 Å². The summed E-state index contributed by atoms with van der Waals surface area (Å²) in [6, 6.07) is 4.90. The summed E-state index contributed by atoms with van der Waals surface area (Å²) in [5.41, 5.74) is 6.55. The Balaban J connectivity index is 1.94. The van der Waals surface area contributed by atoms with E-state index in [0.717, 1.165) is 0 Å². The van der Waals surface area contributed by atoms with Crippen molar-refractivity contribution in [3.05, 3.63) is 46.1 Å². The van der Waals surface area contributed by atoms with Crippen LogP contribution in [0.4, 0.5) is 11.4 Å². The smallest absolute Gasteiger partial charge is 0.328 e. The van der Waals surface area contributed by atoms with Crippen LogP contribution in [-0.2, 0) is 17.9 Å². The van der Waals surface area contributed by atoms with Gasteiger partial charge in [-0.25, -0.2) is 4.79 Å². The zero-order chi connectivity index (χ0) is 15.4. The van der Waals surface area contributed by atoms with Crippen LogP contribution in [-0.4, -0.2) is 15.0 Å². The van der Waals surface area contributed by atoms with Gasteiger partial charge in [0.15, 0.2) is 0 Å². The first-order valence-electron chi connectivity index (χ1n) is 6.61. The minimum absolute atomic E-state index is 0.110. The van der Waals surface area contributed by atoms with E-state index in [1.807, 2.05) is 6.92 Å². The molecule has 2 aromatic rings. The van der Waals surface area contributed by atoms with Crippen LogP contribution in [0.3, 0.4) is 0 Å². The molecule has 112 valence electrons. The Bertz CT molecular complexity index is 705. The van der Waals surface area contributed by atoms with Gasteiger partial charge in [-0.05, 0) is 25.1 Å². The number of anilines is 2. The molecule has 0 spiro atoms. The van der Waals surface area contributed by atoms with Crippen molar-refractivity contribution in [3.63, 3.8) is 0 Å². The average molecular weight is 309 g/mol. The van der Waals surface area contributed by atoms with Crippen molar-refractivity contribution in [2.45, 2.75) is 26.4 Å². The molecule has 0 unspecified atom stereocenters. The van der Waals surface area contributed by atoms with E-state index in [1.54, 1.807) is 35.2 Å². The number of nitrogens with zero attached hydrogens (tertiary/aromatic N) is 2. The van der Waals surface area contributed by atoms with Gasteiger partial charge < -0.3 is 11.1 Å². The first kappa shape index (κ1) is 15.2. The van der Waals surface area contributed by atoms with Crippen LogP contribution < -0.4 is 16.7 Å². The fourth-order valence-corrected chi connectivity index (χ4v) is 2.05. The number of halogens is 1. The number of aromatic nitrogens is 2. The van der Waals surface area contributed by atoms with E-state index in [2.05, 4.69) is 5.32 Å². The van der Waals surface area contributed by atoms with E-state index < -0.39 is 0 Å². The molecule has 0 atom stereocenters. The van der Waals surface area contributed by atoms with Gasteiger partial charge in [0.05, 0.1) is 10.7 Å². The third kappa shape index (κ3) is 3.66. The first-order chi connectivity index (χ1) is 10.0. The fraction of sp³-hybridized carbons (Fsp3) is 0.286. The second kappa shape index (κ2) is 6.49. The molecule has 0 bridgehead atoms. The summed E-state index contributed by atoms with van der Waals surface area (Å²) in [5, 5.41) is 3.17. The zero-order valence-corrected chi connectivity index (χ0v) is 12.4. The van der Waals surface area contributed by atoms with E-state index in [1.165, 1.54) is 4.57 Å². The topological polar surface area (TPSA) is 82.1 Å². The van der Waals surface area contributed by atoms with Crippen molar-refractivity contribution in [2.24, 2.45) is 0 Å². The summed E-state index contributed by atoms with van der Waals surface area (Å²) in [6.45, 7) is 2.84. The molecule has 0 aliphatic heterocycles. The summed E-state index contributed by atoms with van der Waals surface area (Å²) in [6.07, 6.45) is 3.59. The monoisotopic (exact) mass is 308 g/mol. The van der Waals surface area contributed by atoms with Gasteiger partial charge in [0, 0.05) is 37.6 Å². The predicted octanol–water partition coefficient (Wildman–Crippen LogP) is 1.93. The van der Waals surface area contributed by atoms with Gasteiger partial charge in [0.25, 0.3) is 0 Å². The number of amides is 1. The van der Waals surface area contributed by atoms with E-state index in [4.69, 9.17) is 17.3 Å². The number of aryl methyl sites for hydroxylation is 2. The van der Waals surface area contributed by atoms with Gasteiger partial charge in [-0.3, -0.25) is 13.9 Å². The molecule has 1 aromatic heterocycles. The molecular weight excluding hydrogens is 292 g/mol. The molecule has 1 amide bonds. The first-order valence-corrected chi connectivity index (χ1v) is 6.99. The molecule has 2 rings (SSSR count). The number of hydrogen-bond donors (Lipinski definition) is 2. The molecule has 0 fully saturated rings. The van der Waals surface area contributed by atoms with Crippen molar-refractivity contribution in [1.82, 2.24) is 9.13 Å². The third-order valence-corrected chi connectivity index (χ3v) is 3.46. The largest absolute Gasteiger partial charge is 0.397 e. The number of benzene rings is 1. The van der Waals surface area contributed by atoms with Gasteiger partial charge in [0.2, 0.25) is 5.91 Å². The number of nitrogen functional groups attached to an aromatic ring is 1. The van der Waals surface area contributed by atoms with Crippen molar-refractivity contribution in [2.75, 3.05) is 11.1 Å². The molecule has 1 aromatic carbocycles. The van der Waals surface area contributed by atoms with Gasteiger partial charge >= 0.3 is 5.69 Å².